The van der Waals surface area contributed by atoms with Gasteiger partial charge in [-0.2, -0.15) is 0 Å². The van der Waals surface area contributed by atoms with Crippen molar-refractivity contribution in [2.45, 2.75) is 19.5 Å². The standard InChI is InChI=1S/C26H26N4O3/c1-16-3-8-19(9-4-16)30-26(32)22-15-27-23-12-7-18(13-21(23)24(22)29-30)25(31)28-14-17-5-10-20(33-2)11-6-17/h3-13,22,24,27,29H,14-15H2,1-2H3,(H,28,31). The number of nitrogens with one attached hydrogen (secondary N) is 3. The first-order valence-electron chi connectivity index (χ1n) is 11.0. The molecule has 3 aromatic carbocycles. The lowest BCUT2D eigenvalue weighted by molar-refractivity contribution is -0.120. The molecular weight excluding hydrogens is 416 g/mol. The van der Waals surface area contributed by atoms with Crippen LogP contribution in [0.15, 0.2) is 66.7 Å². The number of fused-ring (bicyclic) bond motifs is 3. The van der Waals surface area contributed by atoms with Crippen LogP contribution in [0.3, 0.4) is 0 Å². The highest BCUT2D eigenvalue weighted by atomic mass is 16.5. The highest BCUT2D eigenvalue weighted by Crippen LogP contribution is 2.39. The molecule has 2 atom stereocenters. The molecule has 2 unspecified atom stereocenters. The Balaban J connectivity index is 1.33. The number of hydrazine groups is 1. The largest absolute Gasteiger partial charge is 0.497 e. The van der Waals surface area contributed by atoms with E-state index in [1.807, 2.05) is 73.7 Å². The fraction of sp³-hybridized carbons (Fsp3) is 0.231. The van der Waals surface area contributed by atoms with Crippen molar-refractivity contribution >= 4 is 23.2 Å². The van der Waals surface area contributed by atoms with Gasteiger partial charge in [-0.1, -0.05) is 29.8 Å². The SMILES string of the molecule is COc1ccc(CNC(=O)c2ccc3c(c2)C2NN(c4ccc(C)cc4)C(=O)C2CN3)cc1. The Morgan fingerprint density at radius 3 is 2.58 bits per heavy atom. The van der Waals surface area contributed by atoms with E-state index >= 15 is 0 Å². The highest BCUT2D eigenvalue weighted by Gasteiger charge is 2.44. The normalized spacial score (nSPS) is 18.8. The number of hydrogen-bond acceptors (Lipinski definition) is 5. The molecule has 2 aliphatic rings. The molecule has 7 heteroatoms. The van der Waals surface area contributed by atoms with Crippen LogP contribution in [0, 0.1) is 12.8 Å². The van der Waals surface area contributed by atoms with Gasteiger partial charge in [-0.25, -0.2) is 10.4 Å². The lowest BCUT2D eigenvalue weighted by atomic mass is 9.88. The van der Waals surface area contributed by atoms with E-state index in [9.17, 15) is 9.59 Å². The van der Waals surface area contributed by atoms with Gasteiger partial charge in [-0.05, 0) is 60.5 Å². The molecule has 1 fully saturated rings. The van der Waals surface area contributed by atoms with E-state index in [1.165, 1.54) is 0 Å². The molecule has 2 amide bonds. The number of nitrogens with zero attached hydrogens (tertiary/aromatic N) is 1. The van der Waals surface area contributed by atoms with Crippen LogP contribution in [0.4, 0.5) is 11.4 Å². The zero-order valence-electron chi connectivity index (χ0n) is 18.6. The second-order valence-corrected chi connectivity index (χ2v) is 8.44. The second kappa shape index (κ2) is 8.60. The molecule has 0 radical (unpaired) electrons. The smallest absolute Gasteiger partial charge is 0.251 e. The Labute approximate surface area is 192 Å². The summed E-state index contributed by atoms with van der Waals surface area (Å²) in [6, 6.07) is 20.9. The molecule has 0 spiro atoms. The van der Waals surface area contributed by atoms with Crippen molar-refractivity contribution in [3.8, 4) is 5.75 Å². The van der Waals surface area contributed by atoms with Gasteiger partial charge in [0.05, 0.1) is 24.8 Å². The number of ether oxygens (including phenoxy) is 1. The van der Waals surface area contributed by atoms with Crippen LogP contribution < -0.4 is 25.8 Å². The zero-order chi connectivity index (χ0) is 22.9. The Hall–Kier alpha value is -3.84. The zero-order valence-corrected chi connectivity index (χ0v) is 18.6. The fourth-order valence-electron chi connectivity index (χ4n) is 4.36. The van der Waals surface area contributed by atoms with Gasteiger partial charge in [0.1, 0.15) is 5.75 Å². The maximum atomic E-state index is 13.1. The number of aryl methyl sites for hydroxylation is 1. The maximum absolute atomic E-state index is 13.1. The molecule has 3 N–H and O–H groups in total. The van der Waals surface area contributed by atoms with Crippen LogP contribution in [0.2, 0.25) is 0 Å². The van der Waals surface area contributed by atoms with Crippen molar-refractivity contribution < 1.29 is 14.3 Å². The minimum absolute atomic E-state index is 0.0244. The number of rotatable bonds is 5. The minimum Gasteiger partial charge on any atom is -0.497 e. The molecule has 168 valence electrons. The molecule has 3 aromatic rings. The highest BCUT2D eigenvalue weighted by molar-refractivity contribution is 5.99. The third-order valence-corrected chi connectivity index (χ3v) is 6.27. The van der Waals surface area contributed by atoms with Crippen LogP contribution in [0.25, 0.3) is 0 Å². The Bertz CT molecular complexity index is 1190. The van der Waals surface area contributed by atoms with Gasteiger partial charge in [-0.15, -0.1) is 0 Å². The van der Waals surface area contributed by atoms with Gasteiger partial charge in [0.15, 0.2) is 0 Å². The molecule has 0 saturated carbocycles. The Kier molecular flexibility index (Phi) is 5.48. The molecular formula is C26H26N4O3. The van der Waals surface area contributed by atoms with Crippen LogP contribution in [-0.2, 0) is 11.3 Å². The number of methoxy groups -OCH3 is 1. The average Bonchev–Trinajstić information content (AvgIpc) is 3.19. The lowest BCUT2D eigenvalue weighted by Crippen LogP contribution is -2.35. The lowest BCUT2D eigenvalue weighted by Gasteiger charge is -2.27. The van der Waals surface area contributed by atoms with E-state index in [0.29, 0.717) is 18.7 Å². The molecule has 0 aliphatic carbocycles. The fourth-order valence-corrected chi connectivity index (χ4v) is 4.36. The van der Waals surface area contributed by atoms with E-state index in [-0.39, 0.29) is 23.8 Å². The quantitative estimate of drug-likeness (QED) is 0.563. The summed E-state index contributed by atoms with van der Waals surface area (Å²) in [4.78, 5) is 25.9. The summed E-state index contributed by atoms with van der Waals surface area (Å²) in [6.07, 6.45) is 0. The van der Waals surface area contributed by atoms with Crippen molar-refractivity contribution in [2.75, 3.05) is 24.0 Å². The van der Waals surface area contributed by atoms with Gasteiger partial charge < -0.3 is 15.4 Å². The predicted molar refractivity (Wildman–Crippen MR) is 127 cm³/mol. The topological polar surface area (TPSA) is 82.7 Å². The monoisotopic (exact) mass is 442 g/mol. The van der Waals surface area contributed by atoms with Crippen molar-refractivity contribution in [1.29, 1.82) is 0 Å². The number of hydrogen-bond donors (Lipinski definition) is 3. The summed E-state index contributed by atoms with van der Waals surface area (Å²) in [5, 5.41) is 7.95. The minimum atomic E-state index is -0.239. The third kappa shape index (κ3) is 4.03. The predicted octanol–water partition coefficient (Wildman–Crippen LogP) is 3.57. The van der Waals surface area contributed by atoms with E-state index in [4.69, 9.17) is 4.74 Å². The number of benzene rings is 3. The summed E-state index contributed by atoms with van der Waals surface area (Å²) < 4.78 is 5.17. The van der Waals surface area contributed by atoms with Gasteiger partial charge >= 0.3 is 0 Å². The molecule has 1 saturated heterocycles. The summed E-state index contributed by atoms with van der Waals surface area (Å²) in [6.45, 7) is 2.99. The maximum Gasteiger partial charge on any atom is 0.251 e. The Morgan fingerprint density at radius 2 is 1.85 bits per heavy atom. The van der Waals surface area contributed by atoms with Crippen molar-refractivity contribution in [1.82, 2.24) is 10.7 Å². The van der Waals surface area contributed by atoms with Gasteiger partial charge in [-0.3, -0.25) is 9.59 Å². The molecule has 5 rings (SSSR count). The van der Waals surface area contributed by atoms with Gasteiger partial charge in [0, 0.05) is 24.3 Å². The van der Waals surface area contributed by atoms with Crippen molar-refractivity contribution in [2.24, 2.45) is 5.92 Å². The Morgan fingerprint density at radius 1 is 1.09 bits per heavy atom. The first-order valence-corrected chi connectivity index (χ1v) is 11.0. The summed E-state index contributed by atoms with van der Waals surface area (Å²) in [7, 11) is 1.62. The van der Waals surface area contributed by atoms with E-state index in [1.54, 1.807) is 12.1 Å². The van der Waals surface area contributed by atoms with Crippen molar-refractivity contribution in [3.63, 3.8) is 0 Å². The van der Waals surface area contributed by atoms with Crippen LogP contribution in [0.5, 0.6) is 5.75 Å². The number of amides is 2. The van der Waals surface area contributed by atoms with Crippen molar-refractivity contribution in [3.05, 3.63) is 89.0 Å². The first-order chi connectivity index (χ1) is 16.0. The molecule has 0 aromatic heterocycles. The summed E-state index contributed by atoms with van der Waals surface area (Å²) in [5.74, 6) is 0.406. The number of carbonyl (C=O) groups excluding carboxylic acids is 2. The van der Waals surface area contributed by atoms with E-state index in [0.717, 1.165) is 33.8 Å². The first kappa shape index (κ1) is 21.0. The van der Waals surface area contributed by atoms with Crippen LogP contribution >= 0.6 is 0 Å². The summed E-state index contributed by atoms with van der Waals surface area (Å²) >= 11 is 0. The number of carbonyl (C=O) groups is 2. The number of anilines is 2. The third-order valence-electron chi connectivity index (χ3n) is 6.27. The second-order valence-electron chi connectivity index (χ2n) is 8.44. The molecule has 0 bridgehead atoms. The summed E-state index contributed by atoms with van der Waals surface area (Å²) in [5.41, 5.74) is 8.73. The molecule has 2 aliphatic heterocycles. The average molecular weight is 443 g/mol. The van der Waals surface area contributed by atoms with Gasteiger partial charge in [0.2, 0.25) is 5.91 Å². The van der Waals surface area contributed by atoms with E-state index in [2.05, 4.69) is 16.1 Å². The molecule has 2 heterocycles. The van der Waals surface area contributed by atoms with Gasteiger partial charge in [0.25, 0.3) is 5.91 Å². The van der Waals surface area contributed by atoms with E-state index < -0.39 is 0 Å². The van der Waals surface area contributed by atoms with Crippen LogP contribution in [-0.4, -0.2) is 25.5 Å². The molecule has 33 heavy (non-hydrogen) atoms. The molecule has 7 nitrogen and oxygen atoms in total. The van der Waals surface area contributed by atoms with Crippen LogP contribution in [0.1, 0.15) is 33.1 Å².